The highest BCUT2D eigenvalue weighted by molar-refractivity contribution is 5.86. The summed E-state index contributed by atoms with van der Waals surface area (Å²) in [5.41, 5.74) is -0.581. The van der Waals surface area contributed by atoms with E-state index in [1.54, 1.807) is 0 Å². The highest BCUT2D eigenvalue weighted by Crippen LogP contribution is 2.27. The lowest BCUT2D eigenvalue weighted by Crippen LogP contribution is -2.44. The molecular formula is C16H29NO3. The van der Waals surface area contributed by atoms with Crippen LogP contribution in [-0.4, -0.2) is 41.9 Å². The predicted octanol–water partition coefficient (Wildman–Crippen LogP) is 2.66. The molecule has 1 amide bonds. The van der Waals surface area contributed by atoms with Crippen LogP contribution in [0.4, 0.5) is 0 Å². The van der Waals surface area contributed by atoms with Crippen LogP contribution in [0.3, 0.4) is 0 Å². The van der Waals surface area contributed by atoms with E-state index in [2.05, 4.69) is 0 Å². The van der Waals surface area contributed by atoms with E-state index < -0.39 is 0 Å². The van der Waals surface area contributed by atoms with Crippen molar-refractivity contribution in [3.05, 3.63) is 0 Å². The minimum absolute atomic E-state index is 0.0292. The Hall–Kier alpha value is -0.900. The van der Waals surface area contributed by atoms with Gasteiger partial charge in [-0.3, -0.25) is 9.59 Å². The van der Waals surface area contributed by atoms with Gasteiger partial charge < -0.3 is 9.64 Å². The van der Waals surface area contributed by atoms with Crippen LogP contribution in [0.2, 0.25) is 0 Å². The number of ketones is 1. The molecule has 1 saturated heterocycles. The van der Waals surface area contributed by atoms with E-state index in [9.17, 15) is 9.59 Å². The van der Waals surface area contributed by atoms with Crippen LogP contribution in [0, 0.1) is 11.3 Å². The lowest BCUT2D eigenvalue weighted by atomic mass is 9.79. The van der Waals surface area contributed by atoms with Crippen molar-refractivity contribution in [3.63, 3.8) is 0 Å². The molecule has 0 atom stereocenters. The van der Waals surface area contributed by atoms with E-state index >= 15 is 0 Å². The lowest BCUT2D eigenvalue weighted by Gasteiger charge is -2.34. The van der Waals surface area contributed by atoms with Gasteiger partial charge in [0.05, 0.1) is 5.60 Å². The van der Waals surface area contributed by atoms with Crippen LogP contribution in [0.25, 0.3) is 0 Å². The summed E-state index contributed by atoms with van der Waals surface area (Å²) in [6.07, 6.45) is 1.55. The number of carbonyl (C=O) groups excluding carboxylic acids is 2. The zero-order chi connectivity index (χ0) is 15.6. The van der Waals surface area contributed by atoms with Gasteiger partial charge in [-0.1, -0.05) is 20.8 Å². The number of piperidine rings is 1. The minimum Gasteiger partial charge on any atom is -0.366 e. The van der Waals surface area contributed by atoms with Crippen LogP contribution < -0.4 is 0 Å². The fraction of sp³-hybridized carbons (Fsp3) is 0.875. The van der Waals surface area contributed by atoms with Gasteiger partial charge in [0, 0.05) is 24.4 Å². The highest BCUT2D eigenvalue weighted by Gasteiger charge is 2.33. The Morgan fingerprint density at radius 1 is 1.05 bits per heavy atom. The number of likely N-dealkylation sites (tertiary alicyclic amines) is 1. The maximum atomic E-state index is 12.2. The first-order valence-electron chi connectivity index (χ1n) is 7.47. The molecule has 0 N–H and O–H groups in total. The monoisotopic (exact) mass is 283 g/mol. The summed E-state index contributed by atoms with van der Waals surface area (Å²) in [6, 6.07) is 0. The first kappa shape index (κ1) is 17.2. The van der Waals surface area contributed by atoms with Gasteiger partial charge in [-0.15, -0.1) is 0 Å². The number of hydrogen-bond acceptors (Lipinski definition) is 3. The second-order valence-electron chi connectivity index (χ2n) is 7.67. The molecule has 0 bridgehead atoms. The standard InChI is InChI=1S/C16H29NO3/c1-15(2,3)14(19)12-7-9-17(10-8-12)13(18)11-20-16(4,5)6/h12H,7-11H2,1-6H3. The van der Waals surface area contributed by atoms with Gasteiger partial charge in [0.25, 0.3) is 0 Å². The summed E-state index contributed by atoms with van der Waals surface area (Å²) in [7, 11) is 0. The van der Waals surface area contributed by atoms with Crippen molar-refractivity contribution in [2.75, 3.05) is 19.7 Å². The Bertz CT molecular complexity index is 355. The molecule has 1 aliphatic heterocycles. The number of Topliss-reactive ketones (excluding diaryl/α,β-unsaturated/α-hetero) is 1. The fourth-order valence-electron chi connectivity index (χ4n) is 2.37. The maximum Gasteiger partial charge on any atom is 0.248 e. The van der Waals surface area contributed by atoms with E-state index in [-0.39, 0.29) is 29.4 Å². The molecule has 1 heterocycles. The highest BCUT2D eigenvalue weighted by atomic mass is 16.5. The first-order chi connectivity index (χ1) is 9.00. The average Bonchev–Trinajstić information content (AvgIpc) is 2.33. The second-order valence-corrected chi connectivity index (χ2v) is 7.67. The van der Waals surface area contributed by atoms with E-state index in [0.29, 0.717) is 18.9 Å². The Labute approximate surface area is 122 Å². The second kappa shape index (κ2) is 6.25. The van der Waals surface area contributed by atoms with Gasteiger partial charge in [-0.25, -0.2) is 0 Å². The topological polar surface area (TPSA) is 46.6 Å². The molecule has 0 aromatic rings. The van der Waals surface area contributed by atoms with Crippen molar-refractivity contribution < 1.29 is 14.3 Å². The molecule has 1 fully saturated rings. The number of rotatable bonds is 3. The van der Waals surface area contributed by atoms with Crippen LogP contribution in [0.1, 0.15) is 54.4 Å². The molecule has 0 aromatic heterocycles. The smallest absolute Gasteiger partial charge is 0.248 e. The van der Waals surface area contributed by atoms with Crippen molar-refractivity contribution in [1.82, 2.24) is 4.90 Å². The molecule has 0 spiro atoms. The van der Waals surface area contributed by atoms with Gasteiger partial charge in [0.15, 0.2) is 0 Å². The molecular weight excluding hydrogens is 254 g/mol. The molecule has 4 heteroatoms. The number of amides is 1. The van der Waals surface area contributed by atoms with Gasteiger partial charge in [-0.05, 0) is 33.6 Å². The van der Waals surface area contributed by atoms with Crippen molar-refractivity contribution >= 4 is 11.7 Å². The van der Waals surface area contributed by atoms with E-state index in [1.807, 2.05) is 46.4 Å². The molecule has 4 nitrogen and oxygen atoms in total. The zero-order valence-electron chi connectivity index (χ0n) is 13.8. The molecule has 0 aromatic carbocycles. The lowest BCUT2D eigenvalue weighted by molar-refractivity contribution is -0.144. The van der Waals surface area contributed by atoms with Crippen LogP contribution in [-0.2, 0) is 14.3 Å². The molecule has 20 heavy (non-hydrogen) atoms. The van der Waals surface area contributed by atoms with Gasteiger partial charge in [-0.2, -0.15) is 0 Å². The first-order valence-corrected chi connectivity index (χ1v) is 7.47. The molecule has 116 valence electrons. The SMILES string of the molecule is CC(C)(C)OCC(=O)N1CCC(C(=O)C(C)(C)C)CC1. The number of ether oxygens (including phenoxy) is 1. The predicted molar refractivity (Wildman–Crippen MR) is 79.5 cm³/mol. The molecule has 1 rings (SSSR count). The molecule has 0 unspecified atom stereocenters. The van der Waals surface area contributed by atoms with Crippen molar-refractivity contribution in [2.45, 2.75) is 60.0 Å². The Morgan fingerprint density at radius 2 is 1.55 bits per heavy atom. The van der Waals surface area contributed by atoms with Crippen molar-refractivity contribution in [3.8, 4) is 0 Å². The van der Waals surface area contributed by atoms with E-state index in [1.165, 1.54) is 0 Å². The summed E-state index contributed by atoms with van der Waals surface area (Å²) >= 11 is 0. The van der Waals surface area contributed by atoms with Gasteiger partial charge >= 0.3 is 0 Å². The van der Waals surface area contributed by atoms with Crippen LogP contribution in [0.15, 0.2) is 0 Å². The summed E-state index contributed by atoms with van der Waals surface area (Å²) in [5.74, 6) is 0.444. The van der Waals surface area contributed by atoms with Gasteiger partial charge in [0.2, 0.25) is 5.91 Å². The summed E-state index contributed by atoms with van der Waals surface area (Å²) < 4.78 is 5.51. The Kier molecular flexibility index (Phi) is 5.36. The number of hydrogen-bond donors (Lipinski definition) is 0. The van der Waals surface area contributed by atoms with E-state index in [4.69, 9.17) is 4.74 Å². The molecule has 1 aliphatic rings. The Morgan fingerprint density at radius 3 is 1.95 bits per heavy atom. The maximum absolute atomic E-state index is 12.2. The third-order valence-corrected chi connectivity index (χ3v) is 3.59. The average molecular weight is 283 g/mol. The summed E-state index contributed by atoms with van der Waals surface area (Å²) in [6.45, 7) is 13.2. The third-order valence-electron chi connectivity index (χ3n) is 3.59. The Balaban J connectivity index is 2.42. The van der Waals surface area contributed by atoms with Crippen LogP contribution >= 0.6 is 0 Å². The van der Waals surface area contributed by atoms with Gasteiger partial charge in [0.1, 0.15) is 12.4 Å². The van der Waals surface area contributed by atoms with Crippen molar-refractivity contribution in [2.24, 2.45) is 11.3 Å². The fourth-order valence-corrected chi connectivity index (χ4v) is 2.37. The third kappa shape index (κ3) is 5.23. The molecule has 0 aliphatic carbocycles. The minimum atomic E-state index is -0.295. The largest absolute Gasteiger partial charge is 0.366 e. The van der Waals surface area contributed by atoms with E-state index in [0.717, 1.165) is 12.8 Å². The van der Waals surface area contributed by atoms with Crippen LogP contribution in [0.5, 0.6) is 0 Å². The number of nitrogens with zero attached hydrogens (tertiary/aromatic N) is 1. The zero-order valence-corrected chi connectivity index (χ0v) is 13.8. The van der Waals surface area contributed by atoms with Crippen molar-refractivity contribution in [1.29, 1.82) is 0 Å². The number of carbonyl (C=O) groups is 2. The normalized spacial score (nSPS) is 18.2. The molecule has 0 radical (unpaired) electrons. The summed E-state index contributed by atoms with van der Waals surface area (Å²) in [5, 5.41) is 0. The summed E-state index contributed by atoms with van der Waals surface area (Å²) in [4.78, 5) is 26.1. The molecule has 0 saturated carbocycles. The quantitative estimate of drug-likeness (QED) is 0.800.